The van der Waals surface area contributed by atoms with Gasteiger partial charge >= 0.3 is 0 Å². The number of ether oxygens (including phenoxy) is 2. The quantitative estimate of drug-likeness (QED) is 0.836. The predicted octanol–water partition coefficient (Wildman–Crippen LogP) is 4.39. The normalized spacial score (nSPS) is 10.1. The lowest BCUT2D eigenvalue weighted by atomic mass is 10.3. The third-order valence-corrected chi connectivity index (χ3v) is 2.70. The van der Waals surface area contributed by atoms with E-state index in [-0.39, 0.29) is 5.75 Å². The van der Waals surface area contributed by atoms with Crippen LogP contribution in [0.5, 0.6) is 17.2 Å². The Bertz CT molecular complexity index is 511. The van der Waals surface area contributed by atoms with E-state index in [1.54, 1.807) is 6.07 Å². The Balaban J connectivity index is 2.21. The molecule has 0 spiro atoms. The van der Waals surface area contributed by atoms with Crippen LogP contribution in [0.1, 0.15) is 0 Å². The summed E-state index contributed by atoms with van der Waals surface area (Å²) in [5.41, 5.74) is 0. The second-order valence-corrected chi connectivity index (χ2v) is 4.27. The van der Waals surface area contributed by atoms with Crippen molar-refractivity contribution < 1.29 is 13.9 Å². The van der Waals surface area contributed by atoms with Crippen LogP contribution in [-0.2, 0) is 0 Å². The average molecular weight is 297 g/mol. The molecule has 0 unspecified atom stereocenters. The van der Waals surface area contributed by atoms with Crippen LogP contribution >= 0.6 is 15.9 Å². The third-order valence-electron chi connectivity index (χ3n) is 2.17. The molecule has 0 aromatic heterocycles. The van der Waals surface area contributed by atoms with Gasteiger partial charge in [-0.05, 0) is 36.4 Å². The highest BCUT2D eigenvalue weighted by Crippen LogP contribution is 2.28. The fourth-order valence-corrected chi connectivity index (χ4v) is 1.61. The summed E-state index contributed by atoms with van der Waals surface area (Å²) in [7, 11) is 1.42. The molecule has 0 radical (unpaired) electrons. The van der Waals surface area contributed by atoms with Crippen LogP contribution < -0.4 is 9.47 Å². The molecule has 0 fully saturated rings. The van der Waals surface area contributed by atoms with Gasteiger partial charge in [-0.15, -0.1) is 0 Å². The molecular formula is C13H10BrFO2. The Morgan fingerprint density at radius 3 is 2.29 bits per heavy atom. The van der Waals surface area contributed by atoms with Crippen LogP contribution in [0.4, 0.5) is 4.39 Å². The average Bonchev–Trinajstić information content (AvgIpc) is 2.34. The van der Waals surface area contributed by atoms with Crippen molar-refractivity contribution >= 4 is 15.9 Å². The standard InChI is InChI=1S/C13H10BrFO2/c1-16-13-8-11(6-7-12(13)15)17-10-4-2-9(14)3-5-10/h2-8H,1H3. The summed E-state index contributed by atoms with van der Waals surface area (Å²) in [6.07, 6.45) is 0. The van der Waals surface area contributed by atoms with E-state index in [0.717, 1.165) is 4.47 Å². The van der Waals surface area contributed by atoms with Crippen molar-refractivity contribution in [2.24, 2.45) is 0 Å². The van der Waals surface area contributed by atoms with E-state index in [0.29, 0.717) is 11.5 Å². The van der Waals surface area contributed by atoms with Gasteiger partial charge in [0.15, 0.2) is 11.6 Å². The fraction of sp³-hybridized carbons (Fsp3) is 0.0769. The van der Waals surface area contributed by atoms with Crippen LogP contribution in [-0.4, -0.2) is 7.11 Å². The van der Waals surface area contributed by atoms with Crippen molar-refractivity contribution in [2.75, 3.05) is 7.11 Å². The largest absolute Gasteiger partial charge is 0.494 e. The molecule has 4 heteroatoms. The summed E-state index contributed by atoms with van der Waals surface area (Å²) in [5.74, 6) is 0.975. The molecule has 0 saturated heterocycles. The van der Waals surface area contributed by atoms with Gasteiger partial charge in [0, 0.05) is 10.5 Å². The van der Waals surface area contributed by atoms with E-state index in [9.17, 15) is 4.39 Å². The Labute approximate surface area is 107 Å². The first-order valence-electron chi connectivity index (χ1n) is 4.96. The number of methoxy groups -OCH3 is 1. The maximum Gasteiger partial charge on any atom is 0.165 e. The first-order valence-corrected chi connectivity index (χ1v) is 5.75. The number of hydrogen-bond donors (Lipinski definition) is 0. The lowest BCUT2D eigenvalue weighted by Crippen LogP contribution is -1.90. The fourth-order valence-electron chi connectivity index (χ4n) is 1.34. The number of hydrogen-bond acceptors (Lipinski definition) is 2. The summed E-state index contributed by atoms with van der Waals surface area (Å²) in [6, 6.07) is 11.8. The van der Waals surface area contributed by atoms with Gasteiger partial charge in [0.1, 0.15) is 11.5 Å². The van der Waals surface area contributed by atoms with Crippen LogP contribution in [0, 0.1) is 5.82 Å². The van der Waals surface area contributed by atoms with Gasteiger partial charge in [-0.25, -0.2) is 4.39 Å². The van der Waals surface area contributed by atoms with E-state index >= 15 is 0 Å². The van der Waals surface area contributed by atoms with Crippen LogP contribution in [0.25, 0.3) is 0 Å². The molecular weight excluding hydrogens is 287 g/mol. The summed E-state index contributed by atoms with van der Waals surface area (Å²) in [6.45, 7) is 0. The molecule has 0 aliphatic heterocycles. The molecule has 0 bridgehead atoms. The number of rotatable bonds is 3. The van der Waals surface area contributed by atoms with Gasteiger partial charge in [0.2, 0.25) is 0 Å². The molecule has 2 nitrogen and oxygen atoms in total. The molecule has 17 heavy (non-hydrogen) atoms. The van der Waals surface area contributed by atoms with Crippen LogP contribution in [0.2, 0.25) is 0 Å². The molecule has 0 aliphatic rings. The molecule has 2 aromatic rings. The summed E-state index contributed by atoms with van der Waals surface area (Å²) in [4.78, 5) is 0. The maximum absolute atomic E-state index is 13.2. The highest BCUT2D eigenvalue weighted by Gasteiger charge is 2.05. The molecule has 0 heterocycles. The van der Waals surface area contributed by atoms with Crippen molar-refractivity contribution in [1.29, 1.82) is 0 Å². The van der Waals surface area contributed by atoms with Gasteiger partial charge in [-0.1, -0.05) is 15.9 Å². The van der Waals surface area contributed by atoms with Crippen molar-refractivity contribution in [1.82, 2.24) is 0 Å². The summed E-state index contributed by atoms with van der Waals surface area (Å²) < 4.78 is 24.6. The second-order valence-electron chi connectivity index (χ2n) is 3.35. The second kappa shape index (κ2) is 5.19. The highest BCUT2D eigenvalue weighted by molar-refractivity contribution is 9.10. The molecule has 0 N–H and O–H groups in total. The first kappa shape index (κ1) is 11.9. The molecule has 0 aliphatic carbocycles. The summed E-state index contributed by atoms with van der Waals surface area (Å²) >= 11 is 3.34. The topological polar surface area (TPSA) is 18.5 Å². The predicted molar refractivity (Wildman–Crippen MR) is 67.2 cm³/mol. The van der Waals surface area contributed by atoms with Crippen LogP contribution in [0.3, 0.4) is 0 Å². The van der Waals surface area contributed by atoms with Gasteiger partial charge < -0.3 is 9.47 Å². The minimum absolute atomic E-state index is 0.166. The first-order chi connectivity index (χ1) is 8.19. The van der Waals surface area contributed by atoms with E-state index in [4.69, 9.17) is 9.47 Å². The minimum Gasteiger partial charge on any atom is -0.494 e. The van der Waals surface area contributed by atoms with E-state index in [1.807, 2.05) is 24.3 Å². The molecule has 2 rings (SSSR count). The van der Waals surface area contributed by atoms with Gasteiger partial charge in [0.25, 0.3) is 0 Å². The minimum atomic E-state index is -0.407. The third kappa shape index (κ3) is 2.97. The lowest BCUT2D eigenvalue weighted by molar-refractivity contribution is 0.381. The highest BCUT2D eigenvalue weighted by atomic mass is 79.9. The lowest BCUT2D eigenvalue weighted by Gasteiger charge is -2.08. The Morgan fingerprint density at radius 1 is 1.00 bits per heavy atom. The molecule has 0 amide bonds. The monoisotopic (exact) mass is 296 g/mol. The Hall–Kier alpha value is -1.55. The van der Waals surface area contributed by atoms with Gasteiger partial charge in [0.05, 0.1) is 7.11 Å². The molecule has 0 atom stereocenters. The van der Waals surface area contributed by atoms with Crippen molar-refractivity contribution in [3.8, 4) is 17.2 Å². The molecule has 88 valence electrons. The van der Waals surface area contributed by atoms with Crippen molar-refractivity contribution in [3.63, 3.8) is 0 Å². The summed E-state index contributed by atoms with van der Waals surface area (Å²) in [5, 5.41) is 0. The van der Waals surface area contributed by atoms with E-state index in [2.05, 4.69) is 15.9 Å². The van der Waals surface area contributed by atoms with Crippen molar-refractivity contribution in [2.45, 2.75) is 0 Å². The Kier molecular flexibility index (Phi) is 3.64. The zero-order valence-electron chi connectivity index (χ0n) is 9.11. The Morgan fingerprint density at radius 2 is 1.65 bits per heavy atom. The van der Waals surface area contributed by atoms with E-state index < -0.39 is 5.82 Å². The van der Waals surface area contributed by atoms with Gasteiger partial charge in [-0.3, -0.25) is 0 Å². The molecule has 2 aromatic carbocycles. The molecule has 0 saturated carbocycles. The number of halogens is 2. The number of benzene rings is 2. The van der Waals surface area contributed by atoms with Crippen LogP contribution in [0.15, 0.2) is 46.9 Å². The smallest absolute Gasteiger partial charge is 0.165 e. The SMILES string of the molecule is COc1cc(Oc2ccc(Br)cc2)ccc1F. The van der Waals surface area contributed by atoms with E-state index in [1.165, 1.54) is 19.2 Å². The zero-order valence-corrected chi connectivity index (χ0v) is 10.7. The maximum atomic E-state index is 13.2. The van der Waals surface area contributed by atoms with Crippen molar-refractivity contribution in [3.05, 3.63) is 52.8 Å². The van der Waals surface area contributed by atoms with Gasteiger partial charge in [-0.2, -0.15) is 0 Å². The zero-order chi connectivity index (χ0) is 12.3.